The Morgan fingerprint density at radius 1 is 1.27 bits per heavy atom. The minimum Gasteiger partial charge on any atom is -0.348 e. The number of nitrogens with zero attached hydrogens (tertiary/aromatic N) is 4. The van der Waals surface area contributed by atoms with Crippen molar-refractivity contribution in [2.24, 2.45) is 0 Å². The topological polar surface area (TPSA) is 97.2 Å². The van der Waals surface area contributed by atoms with E-state index in [1.54, 1.807) is 17.8 Å². The molecule has 0 radical (unpaired) electrons. The summed E-state index contributed by atoms with van der Waals surface area (Å²) in [6, 6.07) is 3.89. The lowest BCUT2D eigenvalue weighted by molar-refractivity contribution is 0.0946. The van der Waals surface area contributed by atoms with Gasteiger partial charge in [0.15, 0.2) is 5.69 Å². The largest absolute Gasteiger partial charge is 0.348 e. The van der Waals surface area contributed by atoms with E-state index in [1.807, 2.05) is 0 Å². The summed E-state index contributed by atoms with van der Waals surface area (Å²) in [7, 11) is -3.80. The first-order valence-corrected chi connectivity index (χ1v) is 11.8. The second-order valence-electron chi connectivity index (χ2n) is 8.08. The Morgan fingerprint density at radius 2 is 2.07 bits per heavy atom. The van der Waals surface area contributed by atoms with E-state index in [0.717, 1.165) is 38.2 Å². The minimum absolute atomic E-state index is 0.0224. The zero-order valence-corrected chi connectivity index (χ0v) is 17.7. The highest BCUT2D eigenvalue weighted by Crippen LogP contribution is 2.29. The molecule has 1 aliphatic carbocycles. The van der Waals surface area contributed by atoms with Crippen LogP contribution in [-0.4, -0.2) is 52.3 Å². The Balaban J connectivity index is 1.45. The highest BCUT2D eigenvalue weighted by atomic mass is 32.2. The van der Waals surface area contributed by atoms with Gasteiger partial charge in [-0.1, -0.05) is 17.7 Å². The summed E-state index contributed by atoms with van der Waals surface area (Å²) in [5, 5.41) is 10.8. The van der Waals surface area contributed by atoms with Crippen LogP contribution in [0.1, 0.15) is 54.6 Å². The second kappa shape index (κ2) is 8.43. The van der Waals surface area contributed by atoms with Crippen molar-refractivity contribution >= 4 is 15.9 Å². The number of carbonyl (C=O) groups excluding carboxylic acids is 1. The van der Waals surface area contributed by atoms with Gasteiger partial charge in [0.1, 0.15) is 5.82 Å². The third-order valence-electron chi connectivity index (χ3n) is 5.69. The molecule has 2 aliphatic rings. The number of rotatable bonds is 7. The fraction of sp³-hybridized carbons (Fsp3) is 0.550. The fourth-order valence-corrected chi connectivity index (χ4v) is 5.80. The number of piperidine rings is 1. The third kappa shape index (κ3) is 4.54. The minimum atomic E-state index is -3.80. The van der Waals surface area contributed by atoms with E-state index in [0.29, 0.717) is 25.1 Å². The Morgan fingerprint density at radius 3 is 2.83 bits per heavy atom. The van der Waals surface area contributed by atoms with E-state index >= 15 is 0 Å². The van der Waals surface area contributed by atoms with Crippen molar-refractivity contribution in [3.63, 3.8) is 0 Å². The number of carbonyl (C=O) groups is 1. The van der Waals surface area contributed by atoms with E-state index in [4.69, 9.17) is 0 Å². The zero-order valence-electron chi connectivity index (χ0n) is 16.9. The van der Waals surface area contributed by atoms with Crippen LogP contribution in [0.15, 0.2) is 29.3 Å². The summed E-state index contributed by atoms with van der Waals surface area (Å²) in [5.74, 6) is -0.792. The molecule has 162 valence electrons. The standard InChI is InChI=1S/C20H26FN5O3S/c1-14-5-6-15(21)12-19(14)30(28,29)26-10-3-2-4-17(26)9-11-25-13-18(23-24-25)20(27)22-16-7-8-16/h5-6,12-13,16-17H,2-4,7-11H2,1H3,(H,22,27)/t17-/m0/s1. The van der Waals surface area contributed by atoms with Gasteiger partial charge in [-0.15, -0.1) is 5.10 Å². The Bertz CT molecular complexity index is 1030. The molecule has 1 N–H and O–H groups in total. The van der Waals surface area contributed by atoms with Gasteiger partial charge in [-0.05, 0) is 56.7 Å². The molecule has 1 aromatic carbocycles. The lowest BCUT2D eigenvalue weighted by Crippen LogP contribution is -2.44. The average molecular weight is 436 g/mol. The van der Waals surface area contributed by atoms with Crippen LogP contribution >= 0.6 is 0 Å². The predicted octanol–water partition coefficient (Wildman–Crippen LogP) is 2.25. The molecule has 1 saturated heterocycles. The average Bonchev–Trinajstić information content (AvgIpc) is 3.41. The van der Waals surface area contributed by atoms with Crippen molar-refractivity contribution in [3.8, 4) is 0 Å². The molecule has 0 bridgehead atoms. The number of hydrogen-bond acceptors (Lipinski definition) is 5. The monoisotopic (exact) mass is 435 g/mol. The fourth-order valence-electron chi connectivity index (χ4n) is 3.84. The molecule has 4 rings (SSSR count). The SMILES string of the molecule is Cc1ccc(F)cc1S(=O)(=O)N1CCCC[C@H]1CCn1cc(C(=O)NC2CC2)nn1. The molecule has 0 spiro atoms. The number of amides is 1. The summed E-state index contributed by atoms with van der Waals surface area (Å²) >= 11 is 0. The maximum Gasteiger partial charge on any atom is 0.273 e. The van der Waals surface area contributed by atoms with Crippen molar-refractivity contribution < 1.29 is 17.6 Å². The first kappa shape index (κ1) is 20.9. The van der Waals surface area contributed by atoms with Crippen molar-refractivity contribution in [1.82, 2.24) is 24.6 Å². The number of hydrogen-bond donors (Lipinski definition) is 1. The molecule has 30 heavy (non-hydrogen) atoms. The van der Waals surface area contributed by atoms with Gasteiger partial charge < -0.3 is 5.32 Å². The van der Waals surface area contributed by atoms with Gasteiger partial charge in [-0.25, -0.2) is 12.8 Å². The predicted molar refractivity (Wildman–Crippen MR) is 108 cm³/mol. The number of aromatic nitrogens is 3. The van der Waals surface area contributed by atoms with E-state index in [9.17, 15) is 17.6 Å². The Kier molecular flexibility index (Phi) is 5.88. The Hall–Kier alpha value is -2.33. The Labute approximate surface area is 175 Å². The van der Waals surface area contributed by atoms with Gasteiger partial charge in [0, 0.05) is 25.2 Å². The lowest BCUT2D eigenvalue weighted by atomic mass is 10.0. The summed E-state index contributed by atoms with van der Waals surface area (Å²) in [4.78, 5) is 12.1. The lowest BCUT2D eigenvalue weighted by Gasteiger charge is -2.35. The zero-order chi connectivity index (χ0) is 21.3. The van der Waals surface area contributed by atoms with Crippen LogP contribution < -0.4 is 5.32 Å². The highest BCUT2D eigenvalue weighted by Gasteiger charge is 2.34. The van der Waals surface area contributed by atoms with Crippen LogP contribution in [-0.2, 0) is 16.6 Å². The normalized spacial score (nSPS) is 20.3. The van der Waals surface area contributed by atoms with Gasteiger partial charge in [0.25, 0.3) is 5.91 Å². The van der Waals surface area contributed by atoms with E-state index in [2.05, 4.69) is 15.6 Å². The maximum absolute atomic E-state index is 13.7. The molecule has 1 aliphatic heterocycles. The van der Waals surface area contributed by atoms with Crippen LogP contribution in [0.5, 0.6) is 0 Å². The van der Waals surface area contributed by atoms with Crippen molar-refractivity contribution in [1.29, 1.82) is 0 Å². The molecule has 10 heteroatoms. The molecule has 8 nitrogen and oxygen atoms in total. The molecular weight excluding hydrogens is 409 g/mol. The quantitative estimate of drug-likeness (QED) is 0.720. The maximum atomic E-state index is 13.7. The third-order valence-corrected chi connectivity index (χ3v) is 7.78. The highest BCUT2D eigenvalue weighted by molar-refractivity contribution is 7.89. The van der Waals surface area contributed by atoms with Crippen molar-refractivity contribution in [3.05, 3.63) is 41.5 Å². The van der Waals surface area contributed by atoms with Crippen LogP contribution in [0.4, 0.5) is 4.39 Å². The van der Waals surface area contributed by atoms with Crippen molar-refractivity contribution in [2.45, 2.75) is 69.0 Å². The molecule has 2 heterocycles. The van der Waals surface area contributed by atoms with Crippen LogP contribution in [0, 0.1) is 12.7 Å². The first-order chi connectivity index (χ1) is 14.3. The molecule has 0 unspecified atom stereocenters. The number of nitrogens with one attached hydrogen (secondary N) is 1. The van der Waals surface area contributed by atoms with Crippen LogP contribution in [0.2, 0.25) is 0 Å². The first-order valence-electron chi connectivity index (χ1n) is 10.3. The molecule has 2 fully saturated rings. The number of sulfonamides is 1. The van der Waals surface area contributed by atoms with E-state index < -0.39 is 15.8 Å². The molecule has 1 atom stereocenters. The molecule has 1 saturated carbocycles. The smallest absolute Gasteiger partial charge is 0.273 e. The second-order valence-corrected chi connectivity index (χ2v) is 9.94. The van der Waals surface area contributed by atoms with Gasteiger partial charge in [0.2, 0.25) is 10.0 Å². The van der Waals surface area contributed by atoms with Gasteiger partial charge in [0.05, 0.1) is 11.1 Å². The van der Waals surface area contributed by atoms with E-state index in [1.165, 1.54) is 16.4 Å². The van der Waals surface area contributed by atoms with Gasteiger partial charge >= 0.3 is 0 Å². The summed E-state index contributed by atoms with van der Waals surface area (Å²) in [5.41, 5.74) is 0.800. The summed E-state index contributed by atoms with van der Waals surface area (Å²) < 4.78 is 43.3. The summed E-state index contributed by atoms with van der Waals surface area (Å²) in [6.45, 7) is 2.53. The molecular formula is C20H26FN5O3S. The molecule has 1 amide bonds. The van der Waals surface area contributed by atoms with Crippen LogP contribution in [0.3, 0.4) is 0 Å². The van der Waals surface area contributed by atoms with Crippen LogP contribution in [0.25, 0.3) is 0 Å². The van der Waals surface area contributed by atoms with Gasteiger partial charge in [-0.2, -0.15) is 4.31 Å². The number of halogens is 1. The van der Waals surface area contributed by atoms with Crippen molar-refractivity contribution in [2.75, 3.05) is 6.54 Å². The number of benzene rings is 1. The molecule has 1 aromatic heterocycles. The molecule has 2 aromatic rings. The number of aryl methyl sites for hydroxylation is 2. The van der Waals surface area contributed by atoms with Gasteiger partial charge in [-0.3, -0.25) is 9.48 Å². The summed E-state index contributed by atoms with van der Waals surface area (Å²) in [6.07, 6.45) is 6.57. The van der Waals surface area contributed by atoms with E-state index in [-0.39, 0.29) is 28.6 Å².